The van der Waals surface area contributed by atoms with Gasteiger partial charge in [0.15, 0.2) is 5.69 Å². The highest BCUT2D eigenvalue weighted by atomic mass is 19.4. The van der Waals surface area contributed by atoms with E-state index >= 15 is 0 Å². The lowest BCUT2D eigenvalue weighted by molar-refractivity contribution is -0.153. The standard InChI is InChI=1S/C21H18F3N5O4/c22-21(23,24)17-16(28-19(33-17)12-4-2-1-3-5-12)18(30)26-13-6-7-15(25-10-13)29-9-8-14(11-29)27-20(31)32/h1-7,10,14,27H,8-9,11H2,(H,26,30)(H,31,32)/t14-/m0/s1. The summed E-state index contributed by atoms with van der Waals surface area (Å²) in [5.41, 5.74) is -0.414. The van der Waals surface area contributed by atoms with Gasteiger partial charge in [-0.25, -0.2) is 14.8 Å². The molecule has 1 fully saturated rings. The van der Waals surface area contributed by atoms with E-state index in [0.29, 0.717) is 30.9 Å². The summed E-state index contributed by atoms with van der Waals surface area (Å²) in [6.45, 7) is 1.01. The number of nitrogens with one attached hydrogen (secondary N) is 2. The van der Waals surface area contributed by atoms with E-state index in [4.69, 9.17) is 9.52 Å². The van der Waals surface area contributed by atoms with Crippen LogP contribution in [0, 0.1) is 0 Å². The lowest BCUT2D eigenvalue weighted by atomic mass is 10.2. The first-order valence-corrected chi connectivity index (χ1v) is 9.86. The lowest BCUT2D eigenvalue weighted by Crippen LogP contribution is -2.36. The van der Waals surface area contributed by atoms with Crippen LogP contribution in [0.3, 0.4) is 0 Å². The van der Waals surface area contributed by atoms with E-state index in [2.05, 4.69) is 20.6 Å². The van der Waals surface area contributed by atoms with Gasteiger partial charge >= 0.3 is 12.3 Å². The molecule has 1 atom stereocenters. The molecule has 1 aliphatic heterocycles. The summed E-state index contributed by atoms with van der Waals surface area (Å²) in [7, 11) is 0. The average Bonchev–Trinajstić information content (AvgIpc) is 3.42. The minimum absolute atomic E-state index is 0.167. The van der Waals surface area contributed by atoms with E-state index in [0.717, 1.165) is 0 Å². The third-order valence-corrected chi connectivity index (χ3v) is 4.97. The van der Waals surface area contributed by atoms with Crippen LogP contribution in [0.2, 0.25) is 0 Å². The predicted molar refractivity (Wildman–Crippen MR) is 111 cm³/mol. The van der Waals surface area contributed by atoms with Crippen molar-refractivity contribution in [2.75, 3.05) is 23.3 Å². The molecule has 0 radical (unpaired) electrons. The maximum absolute atomic E-state index is 13.4. The maximum Gasteiger partial charge on any atom is 0.452 e. The molecule has 0 bridgehead atoms. The molecule has 1 aliphatic rings. The maximum atomic E-state index is 13.4. The van der Waals surface area contributed by atoms with Crippen molar-refractivity contribution in [2.45, 2.75) is 18.6 Å². The fourth-order valence-corrected chi connectivity index (χ4v) is 3.47. The number of alkyl halides is 3. The number of benzene rings is 1. The summed E-state index contributed by atoms with van der Waals surface area (Å²) in [5.74, 6) is -2.35. The van der Waals surface area contributed by atoms with Gasteiger partial charge in [0.05, 0.1) is 17.9 Å². The van der Waals surface area contributed by atoms with Crippen LogP contribution in [0.1, 0.15) is 22.7 Å². The number of halogens is 3. The molecule has 33 heavy (non-hydrogen) atoms. The molecule has 0 spiro atoms. The van der Waals surface area contributed by atoms with Crippen LogP contribution in [0.4, 0.5) is 29.5 Å². The Balaban J connectivity index is 1.49. The zero-order chi connectivity index (χ0) is 23.6. The molecular weight excluding hydrogens is 443 g/mol. The number of carboxylic acid groups (broad SMARTS) is 1. The van der Waals surface area contributed by atoms with Crippen molar-refractivity contribution in [1.29, 1.82) is 0 Å². The Kier molecular flexibility index (Phi) is 5.90. The Morgan fingerprint density at radius 2 is 1.91 bits per heavy atom. The highest BCUT2D eigenvalue weighted by molar-refractivity contribution is 6.04. The summed E-state index contributed by atoms with van der Waals surface area (Å²) < 4.78 is 45.2. The summed E-state index contributed by atoms with van der Waals surface area (Å²) in [5, 5.41) is 13.6. The second-order valence-electron chi connectivity index (χ2n) is 7.30. The lowest BCUT2D eigenvalue weighted by Gasteiger charge is -2.17. The third-order valence-electron chi connectivity index (χ3n) is 4.97. The Morgan fingerprint density at radius 1 is 1.15 bits per heavy atom. The molecular formula is C21H18F3N5O4. The van der Waals surface area contributed by atoms with E-state index in [1.807, 2.05) is 4.90 Å². The van der Waals surface area contributed by atoms with Gasteiger partial charge in [0.1, 0.15) is 5.82 Å². The normalized spacial score (nSPS) is 16.0. The van der Waals surface area contributed by atoms with Crippen molar-refractivity contribution >= 4 is 23.5 Å². The van der Waals surface area contributed by atoms with E-state index in [1.54, 1.807) is 24.3 Å². The first kappa shape index (κ1) is 22.1. The van der Waals surface area contributed by atoms with Crippen molar-refractivity contribution in [3.05, 3.63) is 60.1 Å². The number of pyridine rings is 1. The molecule has 1 saturated heterocycles. The summed E-state index contributed by atoms with van der Waals surface area (Å²) in [6, 6.07) is 10.8. The molecule has 3 aromatic rings. The number of carbonyl (C=O) groups excluding carboxylic acids is 1. The van der Waals surface area contributed by atoms with Crippen molar-refractivity contribution in [1.82, 2.24) is 15.3 Å². The predicted octanol–water partition coefficient (Wildman–Crippen LogP) is 3.85. The van der Waals surface area contributed by atoms with Crippen LogP contribution in [-0.4, -0.2) is 46.2 Å². The number of hydrogen-bond donors (Lipinski definition) is 3. The highest BCUT2D eigenvalue weighted by Crippen LogP contribution is 2.35. The molecule has 0 saturated carbocycles. The fourth-order valence-electron chi connectivity index (χ4n) is 3.47. The molecule has 2 amide bonds. The van der Waals surface area contributed by atoms with Gasteiger partial charge in [0.25, 0.3) is 5.91 Å². The van der Waals surface area contributed by atoms with Crippen LogP contribution >= 0.6 is 0 Å². The largest absolute Gasteiger partial charge is 0.465 e. The number of hydrogen-bond acceptors (Lipinski definition) is 6. The molecule has 172 valence electrons. The van der Waals surface area contributed by atoms with Crippen molar-refractivity contribution < 1.29 is 32.3 Å². The fraction of sp³-hybridized carbons (Fsp3) is 0.238. The highest BCUT2D eigenvalue weighted by Gasteiger charge is 2.42. The number of anilines is 2. The van der Waals surface area contributed by atoms with Crippen molar-refractivity contribution in [2.24, 2.45) is 0 Å². The number of aromatic nitrogens is 2. The Morgan fingerprint density at radius 3 is 2.55 bits per heavy atom. The van der Waals surface area contributed by atoms with Gasteiger partial charge in [-0.15, -0.1) is 0 Å². The van der Waals surface area contributed by atoms with Crippen LogP contribution in [-0.2, 0) is 6.18 Å². The molecule has 1 aromatic carbocycles. The van der Waals surface area contributed by atoms with E-state index in [-0.39, 0.29) is 17.6 Å². The van der Waals surface area contributed by atoms with E-state index in [1.165, 1.54) is 24.4 Å². The molecule has 12 heteroatoms. The third kappa shape index (κ3) is 5.05. The Labute approximate surface area is 185 Å². The van der Waals surface area contributed by atoms with Gasteiger partial charge < -0.3 is 25.1 Å². The van der Waals surface area contributed by atoms with Crippen LogP contribution in [0.15, 0.2) is 53.1 Å². The van der Waals surface area contributed by atoms with Crippen LogP contribution < -0.4 is 15.5 Å². The van der Waals surface area contributed by atoms with Gasteiger partial charge in [-0.05, 0) is 30.7 Å². The van der Waals surface area contributed by atoms with Gasteiger partial charge in [0.2, 0.25) is 11.7 Å². The number of amides is 2. The number of rotatable bonds is 5. The molecule has 9 nitrogen and oxygen atoms in total. The topological polar surface area (TPSA) is 121 Å². The zero-order valence-electron chi connectivity index (χ0n) is 17.0. The number of nitrogens with zero attached hydrogens (tertiary/aromatic N) is 3. The second kappa shape index (κ2) is 8.81. The Hall–Kier alpha value is -4.09. The van der Waals surface area contributed by atoms with Crippen molar-refractivity contribution in [3.63, 3.8) is 0 Å². The second-order valence-corrected chi connectivity index (χ2v) is 7.30. The summed E-state index contributed by atoms with van der Waals surface area (Å²) in [4.78, 5) is 33.2. The van der Waals surface area contributed by atoms with Crippen LogP contribution in [0.5, 0.6) is 0 Å². The monoisotopic (exact) mass is 461 g/mol. The minimum Gasteiger partial charge on any atom is -0.465 e. The average molecular weight is 461 g/mol. The zero-order valence-corrected chi connectivity index (χ0v) is 17.0. The minimum atomic E-state index is -4.91. The number of carbonyl (C=O) groups is 2. The first-order valence-electron chi connectivity index (χ1n) is 9.86. The van der Waals surface area contributed by atoms with Gasteiger partial charge in [-0.3, -0.25) is 4.79 Å². The molecule has 3 N–H and O–H groups in total. The summed E-state index contributed by atoms with van der Waals surface area (Å²) >= 11 is 0. The van der Waals surface area contributed by atoms with Crippen LogP contribution in [0.25, 0.3) is 11.5 Å². The van der Waals surface area contributed by atoms with Gasteiger partial charge in [-0.2, -0.15) is 13.2 Å². The number of oxazole rings is 1. The quantitative estimate of drug-likeness (QED) is 0.528. The Bertz CT molecular complexity index is 1150. The molecule has 3 heterocycles. The molecule has 2 aromatic heterocycles. The van der Waals surface area contributed by atoms with Crippen molar-refractivity contribution in [3.8, 4) is 11.5 Å². The smallest absolute Gasteiger partial charge is 0.452 e. The van der Waals surface area contributed by atoms with Gasteiger partial charge in [0, 0.05) is 18.7 Å². The SMILES string of the molecule is O=C(O)N[C@H]1CCN(c2ccc(NC(=O)c3nc(-c4ccccc4)oc3C(F)(F)F)cn2)C1. The first-order chi connectivity index (χ1) is 15.7. The van der Waals surface area contributed by atoms with E-state index in [9.17, 15) is 22.8 Å². The molecule has 0 aliphatic carbocycles. The molecule has 4 rings (SSSR count). The van der Waals surface area contributed by atoms with E-state index < -0.39 is 29.6 Å². The molecule has 0 unspecified atom stereocenters. The summed E-state index contributed by atoms with van der Waals surface area (Å²) in [6.07, 6.45) is -4.10. The van der Waals surface area contributed by atoms with Gasteiger partial charge in [-0.1, -0.05) is 18.2 Å².